The average molecular weight is 374 g/mol. The number of hydrogen-bond donors (Lipinski definition) is 0. The first-order valence-corrected chi connectivity index (χ1v) is 10.3. The van der Waals surface area contributed by atoms with Crippen LogP contribution >= 0.6 is 11.8 Å². The van der Waals surface area contributed by atoms with Gasteiger partial charge in [0.25, 0.3) is 0 Å². The molecule has 3 heteroatoms. The molecule has 0 unspecified atom stereocenters. The maximum Gasteiger partial charge on any atom is 0.142 e. The highest BCUT2D eigenvalue weighted by molar-refractivity contribution is 7.99. The fraction of sp³-hybridized carbons (Fsp3) is 0.208. The van der Waals surface area contributed by atoms with Gasteiger partial charge in [0.15, 0.2) is 0 Å². The molecule has 0 amide bonds. The van der Waals surface area contributed by atoms with Gasteiger partial charge in [-0.1, -0.05) is 96.2 Å². The van der Waals surface area contributed by atoms with Crippen LogP contribution in [-0.2, 0) is 11.4 Å². The summed E-state index contributed by atoms with van der Waals surface area (Å²) < 4.78 is 0. The first kappa shape index (κ1) is 17.9. The first-order chi connectivity index (χ1) is 13.4. The van der Waals surface area contributed by atoms with Crippen molar-refractivity contribution < 1.29 is 4.84 Å². The number of rotatable bonds is 5. The number of nitrogens with zero attached hydrogens (tertiary/aromatic N) is 1. The summed E-state index contributed by atoms with van der Waals surface area (Å²) in [5.74, 6) is 0. The van der Waals surface area contributed by atoms with Crippen LogP contribution in [0, 0.1) is 0 Å². The highest BCUT2D eigenvalue weighted by Crippen LogP contribution is 2.49. The molecule has 136 valence electrons. The van der Waals surface area contributed by atoms with Gasteiger partial charge in [-0.15, -0.1) is 11.8 Å². The van der Waals surface area contributed by atoms with Crippen LogP contribution in [0.1, 0.15) is 40.0 Å². The normalized spacial score (nSPS) is 19.5. The molecule has 0 bridgehead atoms. The molecule has 1 aliphatic heterocycles. The minimum absolute atomic E-state index is 0.407. The van der Waals surface area contributed by atoms with E-state index in [9.17, 15) is 0 Å². The Kier molecular flexibility index (Phi) is 5.90. The summed E-state index contributed by atoms with van der Waals surface area (Å²) in [5, 5.41) is 5.35. The summed E-state index contributed by atoms with van der Waals surface area (Å²) in [6.45, 7) is 0.517. The number of oxime groups is 1. The zero-order chi connectivity index (χ0) is 18.3. The van der Waals surface area contributed by atoms with Gasteiger partial charge < -0.3 is 4.84 Å². The van der Waals surface area contributed by atoms with Crippen molar-refractivity contribution in [2.45, 2.75) is 29.9 Å². The Bertz CT molecular complexity index is 815. The molecule has 2 atom stereocenters. The Balaban J connectivity index is 1.52. The van der Waals surface area contributed by atoms with E-state index in [0.29, 0.717) is 17.1 Å². The van der Waals surface area contributed by atoms with Crippen molar-refractivity contribution in [3.05, 3.63) is 108 Å². The predicted octanol–water partition coefficient (Wildman–Crippen LogP) is 6.57. The van der Waals surface area contributed by atoms with Crippen LogP contribution in [-0.4, -0.2) is 5.71 Å². The van der Waals surface area contributed by atoms with E-state index in [4.69, 9.17) is 4.84 Å². The summed E-state index contributed by atoms with van der Waals surface area (Å²) in [4.78, 5) is 5.71. The van der Waals surface area contributed by atoms with E-state index in [2.05, 4.69) is 78.0 Å². The lowest BCUT2D eigenvalue weighted by atomic mass is 10.00. The van der Waals surface area contributed by atoms with E-state index in [1.807, 2.05) is 30.0 Å². The van der Waals surface area contributed by atoms with Crippen LogP contribution in [0.15, 0.2) is 96.2 Å². The Hall–Kier alpha value is -2.52. The van der Waals surface area contributed by atoms with Crippen molar-refractivity contribution >= 4 is 17.5 Å². The molecule has 2 nitrogen and oxygen atoms in total. The zero-order valence-electron chi connectivity index (χ0n) is 15.2. The van der Waals surface area contributed by atoms with Crippen molar-refractivity contribution in [1.82, 2.24) is 0 Å². The molecule has 1 aliphatic rings. The van der Waals surface area contributed by atoms with E-state index in [1.165, 1.54) is 11.1 Å². The summed E-state index contributed by atoms with van der Waals surface area (Å²) in [6, 6.07) is 31.7. The first-order valence-electron chi connectivity index (χ1n) is 9.35. The molecule has 3 aromatic carbocycles. The summed E-state index contributed by atoms with van der Waals surface area (Å²) in [7, 11) is 0. The number of hydrogen-bond acceptors (Lipinski definition) is 3. The summed E-state index contributed by atoms with van der Waals surface area (Å²) in [6.07, 6.45) is 1.87. The fourth-order valence-electron chi connectivity index (χ4n) is 3.38. The molecule has 27 heavy (non-hydrogen) atoms. The molecular weight excluding hydrogens is 350 g/mol. The van der Waals surface area contributed by atoms with E-state index in [-0.39, 0.29) is 0 Å². The monoisotopic (exact) mass is 373 g/mol. The third-order valence-electron chi connectivity index (χ3n) is 4.78. The minimum atomic E-state index is 0.407. The molecule has 1 heterocycles. The summed E-state index contributed by atoms with van der Waals surface area (Å²) in [5.41, 5.74) is 5.01. The predicted molar refractivity (Wildman–Crippen MR) is 114 cm³/mol. The van der Waals surface area contributed by atoms with E-state index in [1.54, 1.807) is 0 Å². The Morgan fingerprint density at radius 3 is 1.70 bits per heavy atom. The van der Waals surface area contributed by atoms with Crippen molar-refractivity contribution in [2.75, 3.05) is 0 Å². The van der Waals surface area contributed by atoms with Crippen molar-refractivity contribution in [1.29, 1.82) is 0 Å². The van der Waals surface area contributed by atoms with Gasteiger partial charge in [-0.3, -0.25) is 0 Å². The molecule has 0 radical (unpaired) electrons. The Labute approximate surface area is 165 Å². The van der Waals surface area contributed by atoms with Gasteiger partial charge in [0.1, 0.15) is 6.61 Å². The maximum absolute atomic E-state index is 5.71. The van der Waals surface area contributed by atoms with Crippen LogP contribution in [0.5, 0.6) is 0 Å². The average Bonchev–Trinajstić information content (AvgIpc) is 2.76. The lowest BCUT2D eigenvalue weighted by Gasteiger charge is -2.30. The standard InChI is InChI=1S/C24H23NOS/c1-4-10-19(11-5-1)18-26-25-22-16-23(20-12-6-2-7-13-20)27-24(17-22)21-14-8-3-9-15-21/h1-15,23-24H,16-18H2/t23-,24-/m0/s1. The zero-order valence-corrected chi connectivity index (χ0v) is 16.0. The Morgan fingerprint density at radius 1 is 0.704 bits per heavy atom. The second-order valence-corrected chi connectivity index (χ2v) is 8.17. The van der Waals surface area contributed by atoms with E-state index >= 15 is 0 Å². The molecule has 3 aromatic rings. The van der Waals surface area contributed by atoms with Gasteiger partial charge in [-0.05, 0) is 16.7 Å². The molecule has 0 spiro atoms. The van der Waals surface area contributed by atoms with E-state index < -0.39 is 0 Å². The fourth-order valence-corrected chi connectivity index (χ4v) is 4.98. The van der Waals surface area contributed by atoms with Crippen LogP contribution in [0.4, 0.5) is 0 Å². The smallest absolute Gasteiger partial charge is 0.142 e. The van der Waals surface area contributed by atoms with Crippen LogP contribution in [0.2, 0.25) is 0 Å². The van der Waals surface area contributed by atoms with Crippen molar-refractivity contribution in [2.24, 2.45) is 5.16 Å². The topological polar surface area (TPSA) is 21.6 Å². The highest BCUT2D eigenvalue weighted by atomic mass is 32.2. The quantitative estimate of drug-likeness (QED) is 0.472. The molecular formula is C24H23NOS. The molecule has 4 rings (SSSR count). The van der Waals surface area contributed by atoms with Crippen molar-refractivity contribution in [3.63, 3.8) is 0 Å². The SMILES string of the molecule is c1ccc(CON=C2C[C@@H](c3ccccc3)S[C@H](c3ccccc3)C2)cc1. The van der Waals surface area contributed by atoms with Gasteiger partial charge in [-0.25, -0.2) is 0 Å². The number of thioether (sulfide) groups is 1. The van der Waals surface area contributed by atoms with Gasteiger partial charge in [0.05, 0.1) is 5.71 Å². The van der Waals surface area contributed by atoms with Crippen LogP contribution < -0.4 is 0 Å². The van der Waals surface area contributed by atoms with E-state index in [0.717, 1.165) is 24.1 Å². The highest BCUT2D eigenvalue weighted by Gasteiger charge is 2.29. The summed E-state index contributed by atoms with van der Waals surface area (Å²) >= 11 is 2.03. The largest absolute Gasteiger partial charge is 0.391 e. The molecule has 0 aliphatic carbocycles. The molecule has 1 fully saturated rings. The minimum Gasteiger partial charge on any atom is -0.391 e. The van der Waals surface area contributed by atoms with Crippen LogP contribution in [0.25, 0.3) is 0 Å². The van der Waals surface area contributed by atoms with Gasteiger partial charge in [0, 0.05) is 23.3 Å². The molecule has 0 aromatic heterocycles. The second-order valence-electron chi connectivity index (χ2n) is 6.76. The Morgan fingerprint density at radius 2 is 1.19 bits per heavy atom. The van der Waals surface area contributed by atoms with Crippen LogP contribution in [0.3, 0.4) is 0 Å². The lowest BCUT2D eigenvalue weighted by molar-refractivity contribution is 0.129. The van der Waals surface area contributed by atoms with Gasteiger partial charge >= 0.3 is 0 Å². The number of benzene rings is 3. The second kappa shape index (κ2) is 8.92. The van der Waals surface area contributed by atoms with Crippen molar-refractivity contribution in [3.8, 4) is 0 Å². The molecule has 0 N–H and O–H groups in total. The maximum atomic E-state index is 5.71. The molecule has 1 saturated heterocycles. The lowest BCUT2D eigenvalue weighted by Crippen LogP contribution is -2.16. The van der Waals surface area contributed by atoms with Gasteiger partial charge in [0.2, 0.25) is 0 Å². The van der Waals surface area contributed by atoms with Gasteiger partial charge in [-0.2, -0.15) is 0 Å². The third-order valence-corrected chi connectivity index (χ3v) is 6.32. The molecule has 0 saturated carbocycles. The third kappa shape index (κ3) is 4.81.